The van der Waals surface area contributed by atoms with Crippen LogP contribution in [-0.4, -0.2) is 16.9 Å². The Kier molecular flexibility index (Phi) is 3.04. The number of nitrogens with one attached hydrogen (secondary N) is 1. The van der Waals surface area contributed by atoms with Gasteiger partial charge in [-0.25, -0.2) is 0 Å². The average molecular weight is 153 g/mol. The maximum absolute atomic E-state index is 8.76. The minimum absolute atomic E-state index is 0.111. The molecule has 0 unspecified atom stereocenters. The summed E-state index contributed by atoms with van der Waals surface area (Å²) in [6.07, 6.45) is 0. The molecule has 60 valence electrons. The molecule has 0 saturated carbocycles. The highest BCUT2D eigenvalue weighted by atomic mass is 16.5. The third-order valence-corrected chi connectivity index (χ3v) is 1.54. The molecule has 0 heterocycles. The molecule has 1 atom stereocenters. The second-order valence-electron chi connectivity index (χ2n) is 2.27. The highest BCUT2D eigenvalue weighted by Gasteiger charge is 2.05. The molecule has 0 bridgehead atoms. The molecule has 3 heteroatoms. The van der Waals surface area contributed by atoms with Gasteiger partial charge in [0.25, 0.3) is 0 Å². The topological polar surface area (TPSA) is 52.5 Å². The number of hydrogen-bond donors (Lipinski definition) is 3. The molecule has 1 aromatic rings. The predicted octanol–water partition coefficient (Wildman–Crippen LogP) is 0.699. The number of aliphatic hydroxyl groups is 1. The Hall–Kier alpha value is -0.900. The molecule has 0 saturated heterocycles. The van der Waals surface area contributed by atoms with E-state index in [1.54, 1.807) is 0 Å². The van der Waals surface area contributed by atoms with Crippen molar-refractivity contribution in [1.82, 2.24) is 5.48 Å². The van der Waals surface area contributed by atoms with E-state index in [-0.39, 0.29) is 12.6 Å². The number of aliphatic hydroxyl groups excluding tert-OH is 1. The lowest BCUT2D eigenvalue weighted by Gasteiger charge is -2.10. The number of rotatable bonds is 3. The summed E-state index contributed by atoms with van der Waals surface area (Å²) in [5.74, 6) is 0. The molecular weight excluding hydrogens is 142 g/mol. The van der Waals surface area contributed by atoms with Crippen molar-refractivity contribution in [2.45, 2.75) is 6.04 Å². The summed E-state index contributed by atoms with van der Waals surface area (Å²) in [6.45, 7) is -0.111. The first kappa shape index (κ1) is 8.20. The molecule has 0 fully saturated rings. The van der Waals surface area contributed by atoms with Crippen LogP contribution >= 0.6 is 0 Å². The van der Waals surface area contributed by atoms with Crippen LogP contribution in [0.4, 0.5) is 0 Å². The van der Waals surface area contributed by atoms with Crippen LogP contribution < -0.4 is 5.48 Å². The van der Waals surface area contributed by atoms with Gasteiger partial charge in [-0.05, 0) is 5.56 Å². The first-order valence-corrected chi connectivity index (χ1v) is 3.44. The zero-order valence-corrected chi connectivity index (χ0v) is 6.07. The second kappa shape index (κ2) is 4.08. The van der Waals surface area contributed by atoms with Crippen LogP contribution in [0.15, 0.2) is 30.3 Å². The second-order valence-corrected chi connectivity index (χ2v) is 2.27. The minimum atomic E-state index is -0.379. The van der Waals surface area contributed by atoms with Crippen LogP contribution in [-0.2, 0) is 0 Å². The van der Waals surface area contributed by atoms with E-state index in [0.717, 1.165) is 5.56 Å². The molecule has 0 aromatic heterocycles. The Labute approximate surface area is 65.3 Å². The SMILES string of the molecule is OC[C@H](NO)c1ccccc1. The number of benzene rings is 1. The van der Waals surface area contributed by atoms with Gasteiger partial charge >= 0.3 is 0 Å². The van der Waals surface area contributed by atoms with Gasteiger partial charge in [0, 0.05) is 0 Å². The van der Waals surface area contributed by atoms with E-state index >= 15 is 0 Å². The average Bonchev–Trinajstić information content (AvgIpc) is 2.09. The van der Waals surface area contributed by atoms with E-state index in [4.69, 9.17) is 10.3 Å². The van der Waals surface area contributed by atoms with Gasteiger partial charge in [-0.1, -0.05) is 30.3 Å². The maximum atomic E-state index is 8.76. The van der Waals surface area contributed by atoms with E-state index < -0.39 is 0 Å². The first-order valence-electron chi connectivity index (χ1n) is 3.44. The van der Waals surface area contributed by atoms with Crippen molar-refractivity contribution in [1.29, 1.82) is 0 Å². The molecule has 1 aromatic carbocycles. The molecule has 0 aliphatic rings. The quantitative estimate of drug-likeness (QED) is 0.560. The van der Waals surface area contributed by atoms with Crippen molar-refractivity contribution in [3.05, 3.63) is 35.9 Å². The molecular formula is C8H11NO2. The van der Waals surface area contributed by atoms with E-state index in [1.165, 1.54) is 0 Å². The summed E-state index contributed by atoms with van der Waals surface area (Å²) in [5.41, 5.74) is 2.89. The van der Waals surface area contributed by atoms with Crippen LogP contribution in [0, 0.1) is 0 Å². The molecule has 1 rings (SSSR count). The Balaban J connectivity index is 2.74. The third-order valence-electron chi connectivity index (χ3n) is 1.54. The molecule has 0 amide bonds. The van der Waals surface area contributed by atoms with Crippen LogP contribution in [0.1, 0.15) is 11.6 Å². The number of hydroxylamine groups is 1. The van der Waals surface area contributed by atoms with Crippen molar-refractivity contribution in [2.24, 2.45) is 0 Å². The summed E-state index contributed by atoms with van der Waals surface area (Å²) >= 11 is 0. The fourth-order valence-electron chi connectivity index (χ4n) is 0.906. The van der Waals surface area contributed by atoms with Gasteiger partial charge in [0.15, 0.2) is 0 Å². The van der Waals surface area contributed by atoms with E-state index in [9.17, 15) is 0 Å². The molecule has 0 aliphatic heterocycles. The van der Waals surface area contributed by atoms with Crippen LogP contribution in [0.2, 0.25) is 0 Å². The number of hydrogen-bond acceptors (Lipinski definition) is 3. The Bertz CT molecular complexity index is 197. The first-order chi connectivity index (χ1) is 5.38. The Morgan fingerprint density at radius 3 is 2.36 bits per heavy atom. The summed E-state index contributed by atoms with van der Waals surface area (Å²) in [4.78, 5) is 0. The molecule has 0 radical (unpaired) electrons. The highest BCUT2D eigenvalue weighted by Crippen LogP contribution is 2.09. The molecule has 11 heavy (non-hydrogen) atoms. The van der Waals surface area contributed by atoms with Crippen LogP contribution in [0.5, 0.6) is 0 Å². The van der Waals surface area contributed by atoms with Gasteiger partial charge in [0.05, 0.1) is 12.6 Å². The van der Waals surface area contributed by atoms with Crippen LogP contribution in [0.3, 0.4) is 0 Å². The van der Waals surface area contributed by atoms with Gasteiger partial charge in [0.1, 0.15) is 0 Å². The van der Waals surface area contributed by atoms with Crippen molar-refractivity contribution < 1.29 is 10.3 Å². The normalized spacial score (nSPS) is 12.9. The Morgan fingerprint density at radius 1 is 1.27 bits per heavy atom. The van der Waals surface area contributed by atoms with E-state index in [2.05, 4.69) is 0 Å². The summed E-state index contributed by atoms with van der Waals surface area (Å²) in [6, 6.07) is 8.89. The fraction of sp³-hybridized carbons (Fsp3) is 0.250. The van der Waals surface area contributed by atoms with Gasteiger partial charge in [0.2, 0.25) is 0 Å². The summed E-state index contributed by atoms with van der Waals surface area (Å²) in [7, 11) is 0. The predicted molar refractivity (Wildman–Crippen MR) is 41.2 cm³/mol. The largest absolute Gasteiger partial charge is 0.394 e. The lowest BCUT2D eigenvalue weighted by molar-refractivity contribution is 0.0906. The van der Waals surface area contributed by atoms with E-state index in [0.29, 0.717) is 0 Å². The zero-order chi connectivity index (χ0) is 8.10. The summed E-state index contributed by atoms with van der Waals surface area (Å²) < 4.78 is 0. The van der Waals surface area contributed by atoms with Crippen molar-refractivity contribution in [3.8, 4) is 0 Å². The van der Waals surface area contributed by atoms with Gasteiger partial charge in [-0.2, -0.15) is 5.48 Å². The smallest absolute Gasteiger partial charge is 0.0800 e. The lowest BCUT2D eigenvalue weighted by atomic mass is 10.1. The third kappa shape index (κ3) is 2.01. The van der Waals surface area contributed by atoms with Gasteiger partial charge in [-0.15, -0.1) is 0 Å². The Morgan fingerprint density at radius 2 is 1.91 bits per heavy atom. The summed E-state index contributed by atoms with van der Waals surface area (Å²) in [5, 5.41) is 17.3. The lowest BCUT2D eigenvalue weighted by Crippen LogP contribution is -2.20. The van der Waals surface area contributed by atoms with Gasteiger partial charge < -0.3 is 10.3 Å². The molecule has 3 N–H and O–H groups in total. The molecule has 3 nitrogen and oxygen atoms in total. The zero-order valence-electron chi connectivity index (χ0n) is 6.07. The minimum Gasteiger partial charge on any atom is -0.394 e. The standard InChI is InChI=1S/C8H11NO2/c10-6-8(9-11)7-4-2-1-3-5-7/h1-5,8-11H,6H2/t8-/m0/s1. The monoisotopic (exact) mass is 153 g/mol. The van der Waals surface area contributed by atoms with Crippen molar-refractivity contribution >= 4 is 0 Å². The van der Waals surface area contributed by atoms with E-state index in [1.807, 2.05) is 35.8 Å². The highest BCUT2D eigenvalue weighted by molar-refractivity contribution is 5.18. The van der Waals surface area contributed by atoms with Crippen molar-refractivity contribution in [3.63, 3.8) is 0 Å². The molecule has 0 aliphatic carbocycles. The molecule has 0 spiro atoms. The van der Waals surface area contributed by atoms with Crippen LogP contribution in [0.25, 0.3) is 0 Å². The maximum Gasteiger partial charge on any atom is 0.0800 e. The fourth-order valence-corrected chi connectivity index (χ4v) is 0.906. The van der Waals surface area contributed by atoms with Crippen molar-refractivity contribution in [2.75, 3.05) is 6.61 Å². The van der Waals surface area contributed by atoms with Gasteiger partial charge in [-0.3, -0.25) is 0 Å².